The molecule has 5 rings (SSSR count). The normalized spacial score (nSPS) is 17.4. The number of hydrogen-bond acceptors (Lipinski definition) is 7. The highest BCUT2D eigenvalue weighted by atomic mass is 16.5. The maximum absolute atomic E-state index is 5.90. The van der Waals surface area contributed by atoms with Crippen LogP contribution in [-0.2, 0) is 11.3 Å². The van der Waals surface area contributed by atoms with Crippen LogP contribution in [0.15, 0.2) is 71.5 Å². The Bertz CT molecular complexity index is 1060. The highest BCUT2D eigenvalue weighted by molar-refractivity contribution is 5.48. The fourth-order valence-electron chi connectivity index (χ4n) is 3.39. The van der Waals surface area contributed by atoms with Gasteiger partial charge in [0.2, 0.25) is 5.82 Å². The number of aromatic nitrogens is 5. The van der Waals surface area contributed by atoms with E-state index >= 15 is 0 Å². The molecule has 8 heteroatoms. The van der Waals surface area contributed by atoms with E-state index < -0.39 is 0 Å². The zero-order valence-electron chi connectivity index (χ0n) is 15.8. The average molecular weight is 388 g/mol. The van der Waals surface area contributed by atoms with Gasteiger partial charge in [-0.3, -0.25) is 4.90 Å². The summed E-state index contributed by atoms with van der Waals surface area (Å²) >= 11 is 0. The third-order valence-corrected chi connectivity index (χ3v) is 4.82. The van der Waals surface area contributed by atoms with Crippen LogP contribution in [0.2, 0.25) is 0 Å². The Kier molecular flexibility index (Phi) is 4.85. The van der Waals surface area contributed by atoms with Crippen molar-refractivity contribution in [3.63, 3.8) is 0 Å². The van der Waals surface area contributed by atoms with Crippen molar-refractivity contribution in [2.24, 2.45) is 0 Å². The van der Waals surface area contributed by atoms with Gasteiger partial charge >= 0.3 is 0 Å². The van der Waals surface area contributed by atoms with E-state index in [9.17, 15) is 0 Å². The second-order valence-corrected chi connectivity index (χ2v) is 6.87. The van der Waals surface area contributed by atoms with Crippen molar-refractivity contribution in [1.29, 1.82) is 0 Å². The molecule has 8 nitrogen and oxygen atoms in total. The standard InChI is InChI=1S/C21H20N6O2/c1-2-6-16(7-3-1)14-26-12-13-28-18(15-26)20-24-21(29-25-20)17-8-4-9-19(23-17)27-11-5-10-22-27/h1-11,18H,12-15H2/t18-/m0/s1. The van der Waals surface area contributed by atoms with Gasteiger partial charge in [0, 0.05) is 32.0 Å². The molecule has 1 aromatic carbocycles. The lowest BCUT2D eigenvalue weighted by molar-refractivity contribution is -0.0380. The van der Waals surface area contributed by atoms with E-state index in [1.165, 1.54) is 5.56 Å². The first-order chi connectivity index (χ1) is 14.3. The first-order valence-corrected chi connectivity index (χ1v) is 9.54. The van der Waals surface area contributed by atoms with Gasteiger partial charge in [-0.2, -0.15) is 10.1 Å². The van der Waals surface area contributed by atoms with Gasteiger partial charge < -0.3 is 9.26 Å². The minimum atomic E-state index is -0.223. The lowest BCUT2D eigenvalue weighted by Gasteiger charge is -2.31. The van der Waals surface area contributed by atoms with Crippen molar-refractivity contribution < 1.29 is 9.26 Å². The van der Waals surface area contributed by atoms with Crippen LogP contribution in [0, 0.1) is 0 Å². The van der Waals surface area contributed by atoms with Gasteiger partial charge in [0.25, 0.3) is 5.89 Å². The molecular weight excluding hydrogens is 368 g/mol. The average Bonchev–Trinajstić information content (AvgIpc) is 3.47. The molecule has 0 saturated carbocycles. The summed E-state index contributed by atoms with van der Waals surface area (Å²) in [5.41, 5.74) is 1.88. The molecule has 0 amide bonds. The Morgan fingerprint density at radius 3 is 2.79 bits per heavy atom. The predicted molar refractivity (Wildman–Crippen MR) is 105 cm³/mol. The maximum Gasteiger partial charge on any atom is 0.276 e. The second-order valence-electron chi connectivity index (χ2n) is 6.87. The van der Waals surface area contributed by atoms with Crippen LogP contribution in [0.3, 0.4) is 0 Å². The molecule has 0 spiro atoms. The Morgan fingerprint density at radius 2 is 1.93 bits per heavy atom. The maximum atomic E-state index is 5.90. The number of hydrogen-bond donors (Lipinski definition) is 0. The summed E-state index contributed by atoms with van der Waals surface area (Å²) in [5, 5.41) is 8.35. The summed E-state index contributed by atoms with van der Waals surface area (Å²) < 4.78 is 13.1. The van der Waals surface area contributed by atoms with Crippen molar-refractivity contribution in [2.45, 2.75) is 12.6 Å². The number of rotatable bonds is 5. The van der Waals surface area contributed by atoms with E-state index in [1.807, 2.05) is 36.5 Å². The summed E-state index contributed by atoms with van der Waals surface area (Å²) in [7, 11) is 0. The van der Waals surface area contributed by atoms with Gasteiger partial charge in [-0.05, 0) is 23.8 Å². The van der Waals surface area contributed by atoms with Crippen LogP contribution >= 0.6 is 0 Å². The lowest BCUT2D eigenvalue weighted by atomic mass is 10.2. The molecule has 1 aliphatic rings. The SMILES string of the molecule is c1ccc(CN2CCO[C@H](c3noc(-c4cccc(-n5cccn5)n4)n3)C2)cc1. The smallest absolute Gasteiger partial charge is 0.276 e. The fraction of sp³-hybridized carbons (Fsp3) is 0.238. The zero-order chi connectivity index (χ0) is 19.5. The van der Waals surface area contributed by atoms with E-state index in [0.29, 0.717) is 36.4 Å². The van der Waals surface area contributed by atoms with Crippen molar-refractivity contribution in [2.75, 3.05) is 19.7 Å². The highest BCUT2D eigenvalue weighted by Crippen LogP contribution is 2.24. The molecule has 1 fully saturated rings. The molecule has 29 heavy (non-hydrogen) atoms. The zero-order valence-corrected chi connectivity index (χ0v) is 15.8. The number of ether oxygens (including phenoxy) is 1. The van der Waals surface area contributed by atoms with Crippen LogP contribution in [0.4, 0.5) is 0 Å². The summed E-state index contributed by atoms with van der Waals surface area (Å²) in [5.74, 6) is 1.61. The van der Waals surface area contributed by atoms with Gasteiger partial charge in [-0.25, -0.2) is 9.67 Å². The molecule has 1 aliphatic heterocycles. The number of pyridine rings is 1. The topological polar surface area (TPSA) is 82.1 Å². The molecule has 0 unspecified atom stereocenters. The van der Waals surface area contributed by atoms with E-state index in [0.717, 1.165) is 13.1 Å². The Morgan fingerprint density at radius 1 is 1.00 bits per heavy atom. The molecule has 0 aliphatic carbocycles. The number of morpholine rings is 1. The van der Waals surface area contributed by atoms with Crippen molar-refractivity contribution in [1.82, 2.24) is 29.8 Å². The van der Waals surface area contributed by atoms with Gasteiger partial charge in [-0.1, -0.05) is 41.6 Å². The van der Waals surface area contributed by atoms with Crippen molar-refractivity contribution in [3.05, 3.63) is 78.4 Å². The molecular formula is C21H20N6O2. The fourth-order valence-corrected chi connectivity index (χ4v) is 3.39. The summed E-state index contributed by atoms with van der Waals surface area (Å²) in [6.07, 6.45) is 3.32. The lowest BCUT2D eigenvalue weighted by Crippen LogP contribution is -2.38. The summed E-state index contributed by atoms with van der Waals surface area (Å²) in [6.45, 7) is 3.10. The molecule has 3 aromatic heterocycles. The summed E-state index contributed by atoms with van der Waals surface area (Å²) in [4.78, 5) is 11.5. The van der Waals surface area contributed by atoms with Crippen LogP contribution in [0.25, 0.3) is 17.4 Å². The molecule has 0 bridgehead atoms. The third kappa shape index (κ3) is 3.94. The van der Waals surface area contributed by atoms with Gasteiger partial charge in [0.1, 0.15) is 11.8 Å². The highest BCUT2D eigenvalue weighted by Gasteiger charge is 2.26. The minimum Gasteiger partial charge on any atom is -0.367 e. The molecule has 4 aromatic rings. The van der Waals surface area contributed by atoms with Crippen molar-refractivity contribution in [3.8, 4) is 17.4 Å². The van der Waals surface area contributed by atoms with Crippen LogP contribution in [-0.4, -0.2) is 49.5 Å². The minimum absolute atomic E-state index is 0.223. The molecule has 0 radical (unpaired) electrons. The van der Waals surface area contributed by atoms with Gasteiger partial charge in [-0.15, -0.1) is 0 Å². The van der Waals surface area contributed by atoms with Crippen molar-refractivity contribution >= 4 is 0 Å². The van der Waals surface area contributed by atoms with Crippen LogP contribution < -0.4 is 0 Å². The third-order valence-electron chi connectivity index (χ3n) is 4.82. The number of benzene rings is 1. The molecule has 146 valence electrons. The first kappa shape index (κ1) is 17.7. The molecule has 4 heterocycles. The van der Waals surface area contributed by atoms with E-state index in [1.54, 1.807) is 10.9 Å². The van der Waals surface area contributed by atoms with E-state index in [-0.39, 0.29) is 6.10 Å². The van der Waals surface area contributed by atoms with Gasteiger partial charge in [0.15, 0.2) is 5.82 Å². The molecule has 1 atom stereocenters. The van der Waals surface area contributed by atoms with E-state index in [2.05, 4.69) is 49.4 Å². The van der Waals surface area contributed by atoms with Crippen LogP contribution in [0.5, 0.6) is 0 Å². The Hall–Kier alpha value is -3.36. The van der Waals surface area contributed by atoms with Crippen LogP contribution in [0.1, 0.15) is 17.5 Å². The largest absolute Gasteiger partial charge is 0.367 e. The summed E-state index contributed by atoms with van der Waals surface area (Å²) in [6, 6.07) is 17.9. The van der Waals surface area contributed by atoms with Gasteiger partial charge in [0.05, 0.1) is 6.61 Å². The quantitative estimate of drug-likeness (QED) is 0.520. The Labute approximate surface area is 167 Å². The van der Waals surface area contributed by atoms with E-state index in [4.69, 9.17) is 9.26 Å². The Balaban J connectivity index is 1.31. The second kappa shape index (κ2) is 7.94. The predicted octanol–water partition coefficient (Wildman–Crippen LogP) is 2.89. The molecule has 1 saturated heterocycles. The molecule has 0 N–H and O–H groups in total. The number of nitrogens with zero attached hydrogens (tertiary/aromatic N) is 6. The first-order valence-electron chi connectivity index (χ1n) is 9.54. The monoisotopic (exact) mass is 388 g/mol.